The summed E-state index contributed by atoms with van der Waals surface area (Å²) in [5.74, 6) is 0.0968. The molecule has 2 aromatic rings. The van der Waals surface area contributed by atoms with Crippen LogP contribution in [0.5, 0.6) is 0 Å². The normalized spacial score (nSPS) is 14.8. The molecule has 0 spiro atoms. The summed E-state index contributed by atoms with van der Waals surface area (Å²) in [5, 5.41) is 6.42. The summed E-state index contributed by atoms with van der Waals surface area (Å²) in [6.07, 6.45) is 7.94. The van der Waals surface area contributed by atoms with Crippen molar-refractivity contribution < 1.29 is 4.79 Å². The van der Waals surface area contributed by atoms with Crippen molar-refractivity contribution in [3.63, 3.8) is 0 Å². The molecular weight excluding hydrogens is 324 g/mol. The van der Waals surface area contributed by atoms with E-state index in [1.165, 1.54) is 37.9 Å². The zero-order valence-electron chi connectivity index (χ0n) is 15.3. The maximum absolute atomic E-state index is 12.1. The van der Waals surface area contributed by atoms with Crippen LogP contribution in [0, 0.1) is 0 Å². The van der Waals surface area contributed by atoms with Gasteiger partial charge in [-0.1, -0.05) is 18.6 Å². The highest BCUT2D eigenvalue weighted by atomic mass is 16.1. The first-order valence-electron chi connectivity index (χ1n) is 9.50. The molecule has 0 saturated carbocycles. The number of hydrogen-bond acceptors (Lipinski definition) is 4. The van der Waals surface area contributed by atoms with Crippen molar-refractivity contribution in [1.29, 1.82) is 0 Å². The molecule has 1 aromatic heterocycles. The molecule has 0 atom stereocenters. The van der Waals surface area contributed by atoms with E-state index < -0.39 is 0 Å². The van der Waals surface area contributed by atoms with Crippen molar-refractivity contribution in [2.45, 2.75) is 32.2 Å². The Hall–Kier alpha value is -2.40. The minimum atomic E-state index is 0.0968. The summed E-state index contributed by atoms with van der Waals surface area (Å²) in [5.41, 5.74) is 3.28. The van der Waals surface area contributed by atoms with Gasteiger partial charge < -0.3 is 15.5 Å². The summed E-state index contributed by atoms with van der Waals surface area (Å²) in [7, 11) is 0. The molecule has 2 heterocycles. The second-order valence-electron chi connectivity index (χ2n) is 6.83. The SMILES string of the molecule is O=C(Cc1ccc(NCc2ccncc2)cc1)NCCN1CCCCC1. The molecule has 1 fully saturated rings. The Bertz CT molecular complexity index is 666. The quantitative estimate of drug-likeness (QED) is 0.767. The standard InChI is InChI=1S/C21H28N4O/c26-21(23-12-15-25-13-2-1-3-14-25)16-18-4-6-20(7-5-18)24-17-19-8-10-22-11-9-19/h4-11,24H,1-3,12-17H2,(H,23,26). The lowest BCUT2D eigenvalue weighted by molar-refractivity contribution is -0.120. The molecule has 1 aliphatic rings. The van der Waals surface area contributed by atoms with Crippen LogP contribution in [0.3, 0.4) is 0 Å². The van der Waals surface area contributed by atoms with Crippen molar-refractivity contribution in [3.05, 3.63) is 59.9 Å². The van der Waals surface area contributed by atoms with Gasteiger partial charge in [0.05, 0.1) is 6.42 Å². The van der Waals surface area contributed by atoms with Gasteiger partial charge in [-0.25, -0.2) is 0 Å². The second kappa shape index (κ2) is 9.92. The van der Waals surface area contributed by atoms with Gasteiger partial charge in [-0.3, -0.25) is 9.78 Å². The third-order valence-electron chi connectivity index (χ3n) is 4.76. The highest BCUT2D eigenvalue weighted by molar-refractivity contribution is 5.78. The molecule has 0 aliphatic carbocycles. The van der Waals surface area contributed by atoms with Crippen molar-refractivity contribution in [1.82, 2.24) is 15.2 Å². The van der Waals surface area contributed by atoms with Gasteiger partial charge >= 0.3 is 0 Å². The van der Waals surface area contributed by atoms with Crippen LogP contribution in [0.1, 0.15) is 30.4 Å². The number of amides is 1. The largest absolute Gasteiger partial charge is 0.381 e. The molecule has 1 saturated heterocycles. The molecule has 0 bridgehead atoms. The Morgan fingerprint density at radius 1 is 0.962 bits per heavy atom. The number of benzene rings is 1. The van der Waals surface area contributed by atoms with Gasteiger partial charge in [0.25, 0.3) is 0 Å². The number of rotatable bonds is 8. The second-order valence-corrected chi connectivity index (χ2v) is 6.83. The fraction of sp³-hybridized carbons (Fsp3) is 0.429. The van der Waals surface area contributed by atoms with Crippen LogP contribution in [0.2, 0.25) is 0 Å². The van der Waals surface area contributed by atoms with E-state index in [4.69, 9.17) is 0 Å². The van der Waals surface area contributed by atoms with E-state index in [1.807, 2.05) is 36.4 Å². The average molecular weight is 352 g/mol. The van der Waals surface area contributed by atoms with Crippen LogP contribution < -0.4 is 10.6 Å². The molecule has 0 unspecified atom stereocenters. The third-order valence-corrected chi connectivity index (χ3v) is 4.76. The van der Waals surface area contributed by atoms with E-state index in [0.29, 0.717) is 6.42 Å². The molecule has 0 radical (unpaired) electrons. The lowest BCUT2D eigenvalue weighted by atomic mass is 10.1. The third kappa shape index (κ3) is 6.15. The summed E-state index contributed by atoms with van der Waals surface area (Å²) in [6, 6.07) is 12.1. The molecule has 26 heavy (non-hydrogen) atoms. The van der Waals surface area contributed by atoms with Gasteiger partial charge in [-0.05, 0) is 61.3 Å². The van der Waals surface area contributed by atoms with Crippen molar-refractivity contribution >= 4 is 11.6 Å². The number of pyridine rings is 1. The van der Waals surface area contributed by atoms with E-state index in [2.05, 4.69) is 20.5 Å². The van der Waals surface area contributed by atoms with Crippen LogP contribution in [0.15, 0.2) is 48.8 Å². The van der Waals surface area contributed by atoms with E-state index in [0.717, 1.165) is 30.9 Å². The Morgan fingerprint density at radius 2 is 1.69 bits per heavy atom. The predicted octanol–water partition coefficient (Wildman–Crippen LogP) is 2.84. The predicted molar refractivity (Wildman–Crippen MR) is 105 cm³/mol. The maximum atomic E-state index is 12.1. The summed E-state index contributed by atoms with van der Waals surface area (Å²) in [4.78, 5) is 18.6. The topological polar surface area (TPSA) is 57.3 Å². The first kappa shape index (κ1) is 18.4. The number of hydrogen-bond donors (Lipinski definition) is 2. The molecule has 3 rings (SSSR count). The van der Waals surface area contributed by atoms with Crippen LogP contribution in [-0.2, 0) is 17.8 Å². The molecule has 1 amide bonds. The highest BCUT2D eigenvalue weighted by Gasteiger charge is 2.10. The lowest BCUT2D eigenvalue weighted by Crippen LogP contribution is -2.38. The van der Waals surface area contributed by atoms with Gasteiger partial charge in [-0.2, -0.15) is 0 Å². The minimum absolute atomic E-state index is 0.0968. The van der Waals surface area contributed by atoms with E-state index in [1.54, 1.807) is 12.4 Å². The average Bonchev–Trinajstić information content (AvgIpc) is 2.69. The lowest BCUT2D eigenvalue weighted by Gasteiger charge is -2.26. The fourth-order valence-corrected chi connectivity index (χ4v) is 3.23. The van der Waals surface area contributed by atoms with Gasteiger partial charge in [0, 0.05) is 37.7 Å². The summed E-state index contributed by atoms with van der Waals surface area (Å²) < 4.78 is 0. The zero-order chi connectivity index (χ0) is 18.0. The number of anilines is 1. The number of aromatic nitrogens is 1. The Kier molecular flexibility index (Phi) is 7.02. The van der Waals surface area contributed by atoms with E-state index in [9.17, 15) is 4.79 Å². The molecular formula is C21H28N4O. The fourth-order valence-electron chi connectivity index (χ4n) is 3.23. The Balaban J connectivity index is 1.37. The number of carbonyl (C=O) groups is 1. The van der Waals surface area contributed by atoms with Crippen LogP contribution in [-0.4, -0.2) is 42.0 Å². The van der Waals surface area contributed by atoms with E-state index >= 15 is 0 Å². The van der Waals surface area contributed by atoms with Crippen LogP contribution in [0.4, 0.5) is 5.69 Å². The smallest absolute Gasteiger partial charge is 0.224 e. The summed E-state index contributed by atoms with van der Waals surface area (Å²) in [6.45, 7) is 4.81. The van der Waals surface area contributed by atoms with Crippen molar-refractivity contribution in [3.8, 4) is 0 Å². The Morgan fingerprint density at radius 3 is 2.42 bits per heavy atom. The van der Waals surface area contributed by atoms with Crippen LogP contribution >= 0.6 is 0 Å². The van der Waals surface area contributed by atoms with Gasteiger partial charge in [0.15, 0.2) is 0 Å². The molecule has 1 aromatic carbocycles. The highest BCUT2D eigenvalue weighted by Crippen LogP contribution is 2.12. The van der Waals surface area contributed by atoms with E-state index in [-0.39, 0.29) is 5.91 Å². The maximum Gasteiger partial charge on any atom is 0.224 e. The zero-order valence-corrected chi connectivity index (χ0v) is 15.3. The van der Waals surface area contributed by atoms with Crippen molar-refractivity contribution in [2.75, 3.05) is 31.5 Å². The number of piperidine rings is 1. The number of carbonyl (C=O) groups excluding carboxylic acids is 1. The number of nitrogens with zero attached hydrogens (tertiary/aromatic N) is 2. The number of nitrogens with one attached hydrogen (secondary N) is 2. The van der Waals surface area contributed by atoms with Crippen molar-refractivity contribution in [2.24, 2.45) is 0 Å². The monoisotopic (exact) mass is 352 g/mol. The first-order chi connectivity index (χ1) is 12.8. The molecule has 5 heteroatoms. The molecule has 138 valence electrons. The van der Waals surface area contributed by atoms with Gasteiger partial charge in [0.2, 0.25) is 5.91 Å². The minimum Gasteiger partial charge on any atom is -0.381 e. The van der Waals surface area contributed by atoms with Crippen LogP contribution in [0.25, 0.3) is 0 Å². The van der Waals surface area contributed by atoms with Gasteiger partial charge in [0.1, 0.15) is 0 Å². The number of likely N-dealkylation sites (tertiary alicyclic amines) is 1. The molecule has 1 aliphatic heterocycles. The summed E-state index contributed by atoms with van der Waals surface area (Å²) >= 11 is 0. The molecule has 5 nitrogen and oxygen atoms in total. The first-order valence-corrected chi connectivity index (χ1v) is 9.50. The van der Waals surface area contributed by atoms with Gasteiger partial charge in [-0.15, -0.1) is 0 Å². The molecule has 2 N–H and O–H groups in total. The Labute approximate surface area is 155 Å².